The van der Waals surface area contributed by atoms with Gasteiger partial charge >= 0.3 is 0 Å². The molecule has 7 nitrogen and oxygen atoms in total. The van der Waals surface area contributed by atoms with Crippen molar-refractivity contribution in [3.63, 3.8) is 0 Å². The fourth-order valence-corrected chi connectivity index (χ4v) is 3.37. The SMILES string of the molecule is Cc1cc(-c2nn3c(C)nnc3s2)ccc1NC(=O)/C=C/c1ccco1. The second-order valence-corrected chi connectivity index (χ2v) is 6.67. The molecule has 26 heavy (non-hydrogen) atoms. The number of nitrogens with zero attached hydrogens (tertiary/aromatic N) is 4. The van der Waals surface area contributed by atoms with Crippen molar-refractivity contribution >= 4 is 34.0 Å². The Morgan fingerprint density at radius 3 is 2.88 bits per heavy atom. The summed E-state index contributed by atoms with van der Waals surface area (Å²) in [5, 5.41) is 16.3. The van der Waals surface area contributed by atoms with E-state index in [2.05, 4.69) is 20.6 Å². The highest BCUT2D eigenvalue weighted by Gasteiger charge is 2.12. The van der Waals surface area contributed by atoms with Crippen LogP contribution < -0.4 is 5.32 Å². The minimum Gasteiger partial charge on any atom is -0.465 e. The summed E-state index contributed by atoms with van der Waals surface area (Å²) in [5.41, 5.74) is 2.67. The Morgan fingerprint density at radius 1 is 1.27 bits per heavy atom. The molecule has 4 aromatic rings. The molecule has 0 spiro atoms. The minimum absolute atomic E-state index is 0.216. The van der Waals surface area contributed by atoms with Crippen molar-refractivity contribution in [2.45, 2.75) is 13.8 Å². The standard InChI is InChI=1S/C18H15N5O2S/c1-11-10-13(17-22-23-12(2)20-21-18(23)26-17)5-7-15(11)19-16(24)8-6-14-4-3-9-25-14/h3-10H,1-2H3,(H,19,24)/b8-6+. The number of hydrogen-bond acceptors (Lipinski definition) is 6. The Balaban J connectivity index is 1.53. The molecule has 0 aliphatic heterocycles. The number of aryl methyl sites for hydroxylation is 2. The van der Waals surface area contributed by atoms with Crippen molar-refractivity contribution < 1.29 is 9.21 Å². The number of carbonyl (C=O) groups is 1. The van der Waals surface area contributed by atoms with Gasteiger partial charge in [-0.1, -0.05) is 11.3 Å². The molecule has 0 saturated heterocycles. The van der Waals surface area contributed by atoms with Crippen molar-refractivity contribution in [1.29, 1.82) is 0 Å². The quantitative estimate of drug-likeness (QED) is 0.557. The molecule has 3 aromatic heterocycles. The fourth-order valence-electron chi connectivity index (χ4n) is 2.49. The third-order valence-corrected chi connectivity index (χ3v) is 4.77. The number of carbonyl (C=O) groups excluding carboxylic acids is 1. The van der Waals surface area contributed by atoms with Crippen LogP contribution in [0.5, 0.6) is 0 Å². The summed E-state index contributed by atoms with van der Waals surface area (Å²) in [4.78, 5) is 12.8. The molecule has 3 heterocycles. The lowest BCUT2D eigenvalue weighted by molar-refractivity contribution is -0.111. The minimum atomic E-state index is -0.216. The average molecular weight is 365 g/mol. The third-order valence-electron chi connectivity index (χ3n) is 3.82. The molecular formula is C18H15N5O2S. The molecule has 0 saturated carbocycles. The van der Waals surface area contributed by atoms with Crippen LogP contribution in [0.3, 0.4) is 0 Å². The maximum atomic E-state index is 12.1. The van der Waals surface area contributed by atoms with Crippen molar-refractivity contribution in [3.05, 3.63) is 59.8 Å². The van der Waals surface area contributed by atoms with E-state index >= 15 is 0 Å². The van der Waals surface area contributed by atoms with E-state index < -0.39 is 0 Å². The van der Waals surface area contributed by atoms with Crippen molar-refractivity contribution in [3.8, 4) is 10.6 Å². The van der Waals surface area contributed by atoms with E-state index in [-0.39, 0.29) is 5.91 Å². The number of hydrogen-bond donors (Lipinski definition) is 1. The summed E-state index contributed by atoms with van der Waals surface area (Å²) < 4.78 is 6.89. The summed E-state index contributed by atoms with van der Waals surface area (Å²) in [6, 6.07) is 9.35. The van der Waals surface area contributed by atoms with Crippen LogP contribution in [-0.2, 0) is 4.79 Å². The topological polar surface area (TPSA) is 85.3 Å². The van der Waals surface area contributed by atoms with Crippen molar-refractivity contribution in [2.75, 3.05) is 5.32 Å². The smallest absolute Gasteiger partial charge is 0.248 e. The molecule has 0 radical (unpaired) electrons. The van der Waals surface area contributed by atoms with Gasteiger partial charge < -0.3 is 9.73 Å². The summed E-state index contributed by atoms with van der Waals surface area (Å²) in [5.74, 6) is 1.17. The maximum Gasteiger partial charge on any atom is 0.248 e. The molecule has 0 bridgehead atoms. The van der Waals surface area contributed by atoms with Gasteiger partial charge in [0.25, 0.3) is 0 Å². The molecule has 1 aromatic carbocycles. The zero-order valence-corrected chi connectivity index (χ0v) is 14.9. The first kappa shape index (κ1) is 16.2. The van der Waals surface area contributed by atoms with E-state index in [9.17, 15) is 4.79 Å². The molecule has 4 rings (SSSR count). The van der Waals surface area contributed by atoms with Crippen LogP contribution in [0.15, 0.2) is 47.1 Å². The number of nitrogens with one attached hydrogen (secondary N) is 1. The van der Waals surface area contributed by atoms with Gasteiger partial charge in [-0.05, 0) is 55.8 Å². The summed E-state index contributed by atoms with van der Waals surface area (Å²) in [6.07, 6.45) is 4.63. The number of amides is 1. The Morgan fingerprint density at radius 2 is 2.15 bits per heavy atom. The monoisotopic (exact) mass is 365 g/mol. The maximum absolute atomic E-state index is 12.1. The van der Waals surface area contributed by atoms with Gasteiger partial charge in [0, 0.05) is 17.3 Å². The van der Waals surface area contributed by atoms with Crippen LogP contribution >= 0.6 is 11.3 Å². The van der Waals surface area contributed by atoms with Crippen LogP contribution in [0.25, 0.3) is 21.6 Å². The van der Waals surface area contributed by atoms with Crippen LogP contribution in [0, 0.1) is 13.8 Å². The molecule has 0 unspecified atom stereocenters. The molecule has 8 heteroatoms. The zero-order valence-electron chi connectivity index (χ0n) is 14.1. The summed E-state index contributed by atoms with van der Waals surface area (Å²) in [7, 11) is 0. The lowest BCUT2D eigenvalue weighted by atomic mass is 10.1. The number of furan rings is 1. The highest BCUT2D eigenvalue weighted by atomic mass is 32.1. The number of rotatable bonds is 4. The lowest BCUT2D eigenvalue weighted by Gasteiger charge is -2.07. The van der Waals surface area contributed by atoms with E-state index in [1.54, 1.807) is 29.0 Å². The molecule has 0 aliphatic carbocycles. The van der Waals surface area contributed by atoms with Gasteiger partial charge in [-0.2, -0.15) is 9.61 Å². The van der Waals surface area contributed by atoms with Crippen molar-refractivity contribution in [1.82, 2.24) is 19.8 Å². The van der Waals surface area contributed by atoms with Gasteiger partial charge in [0.1, 0.15) is 10.8 Å². The van der Waals surface area contributed by atoms with Gasteiger partial charge in [0.15, 0.2) is 5.82 Å². The first-order valence-corrected chi connectivity index (χ1v) is 8.74. The molecule has 0 atom stereocenters. The van der Waals surface area contributed by atoms with E-state index in [1.165, 1.54) is 17.4 Å². The number of fused-ring (bicyclic) bond motifs is 1. The van der Waals surface area contributed by atoms with E-state index in [0.717, 1.165) is 32.6 Å². The van der Waals surface area contributed by atoms with Crippen molar-refractivity contribution in [2.24, 2.45) is 0 Å². The first-order valence-electron chi connectivity index (χ1n) is 7.92. The Labute approximate surface area is 153 Å². The van der Waals surface area contributed by atoms with Crippen LogP contribution in [0.1, 0.15) is 17.1 Å². The van der Waals surface area contributed by atoms with Gasteiger partial charge in [-0.15, -0.1) is 10.2 Å². The fraction of sp³-hybridized carbons (Fsp3) is 0.111. The second kappa shape index (κ2) is 6.57. The van der Waals surface area contributed by atoms with Crippen LogP contribution in [0.2, 0.25) is 0 Å². The highest BCUT2D eigenvalue weighted by molar-refractivity contribution is 7.19. The Bertz CT molecular complexity index is 1110. The normalized spacial score (nSPS) is 11.5. The Kier molecular flexibility index (Phi) is 4.10. The van der Waals surface area contributed by atoms with Gasteiger partial charge in [-0.25, -0.2) is 0 Å². The van der Waals surface area contributed by atoms with Crippen LogP contribution in [-0.4, -0.2) is 25.7 Å². The second-order valence-electron chi connectivity index (χ2n) is 5.72. The molecule has 0 aliphatic rings. The summed E-state index contributed by atoms with van der Waals surface area (Å²) in [6.45, 7) is 3.81. The highest BCUT2D eigenvalue weighted by Crippen LogP contribution is 2.28. The predicted molar refractivity (Wildman–Crippen MR) is 99.9 cm³/mol. The third kappa shape index (κ3) is 3.14. The van der Waals surface area contributed by atoms with E-state index in [1.807, 2.05) is 32.0 Å². The average Bonchev–Trinajstić information content (AvgIpc) is 3.34. The van der Waals surface area contributed by atoms with Gasteiger partial charge in [-0.3, -0.25) is 4.79 Å². The number of anilines is 1. The largest absolute Gasteiger partial charge is 0.465 e. The van der Waals surface area contributed by atoms with Gasteiger partial charge in [0.05, 0.1) is 6.26 Å². The van der Waals surface area contributed by atoms with E-state index in [4.69, 9.17) is 4.42 Å². The molecule has 130 valence electrons. The summed E-state index contributed by atoms with van der Waals surface area (Å²) >= 11 is 1.48. The molecule has 1 amide bonds. The lowest BCUT2D eigenvalue weighted by Crippen LogP contribution is -2.08. The number of benzene rings is 1. The molecule has 0 fully saturated rings. The molecular weight excluding hydrogens is 350 g/mol. The molecule has 1 N–H and O–H groups in total. The van der Waals surface area contributed by atoms with Gasteiger partial charge in [0.2, 0.25) is 10.9 Å². The Hall–Kier alpha value is -3.26. The van der Waals surface area contributed by atoms with E-state index in [0.29, 0.717) is 5.76 Å². The predicted octanol–water partition coefficient (Wildman–Crippen LogP) is 3.71. The number of aromatic nitrogens is 4. The zero-order chi connectivity index (χ0) is 18.1. The van der Waals surface area contributed by atoms with Crippen LogP contribution in [0.4, 0.5) is 5.69 Å². The first-order chi connectivity index (χ1) is 12.6.